The Kier molecular flexibility index (Phi) is 5.96. The van der Waals surface area contributed by atoms with Crippen LogP contribution < -0.4 is 0 Å². The Labute approximate surface area is 214 Å². The number of hydrogen-bond donors (Lipinski definition) is 1. The molecular weight excluding hydrogens is 432 g/mol. The number of ether oxygens (including phenoxy) is 1. The monoisotopic (exact) mass is 484 g/mol. The minimum absolute atomic E-state index is 0.00424. The highest BCUT2D eigenvalue weighted by Gasteiger charge is 2.63. The molecule has 5 aliphatic rings. The number of carbonyl (C=O) groups excluding carboxylic acids is 1. The van der Waals surface area contributed by atoms with Crippen molar-refractivity contribution in [3.63, 3.8) is 0 Å². The van der Waals surface area contributed by atoms with Gasteiger partial charge in [0.05, 0.1) is 6.10 Å². The minimum atomic E-state index is -0.157. The van der Waals surface area contributed by atoms with Crippen LogP contribution in [0.2, 0.25) is 0 Å². The molecule has 0 radical (unpaired) electrons. The zero-order valence-corrected chi connectivity index (χ0v) is 23.9. The SMILES string of the molecule is CC(=O)O[C@H]1CC[C@@]2(C)[C@H](CC=C3C[C@]4(C)CC[C@H]5C(C)(C)[C@@H](O)CC[C@]5(C)[C@H]4CC[C@@H]32)C1(C)C. The number of fused-ring (bicyclic) bond motifs is 6. The molecule has 198 valence electrons. The second-order valence-corrected chi connectivity index (χ2v) is 15.5. The Hall–Kier alpha value is -0.830. The lowest BCUT2D eigenvalue weighted by Crippen LogP contribution is -2.58. The van der Waals surface area contributed by atoms with Crippen LogP contribution in [-0.2, 0) is 9.53 Å². The normalized spacial score (nSPS) is 50.4. The predicted octanol–water partition coefficient (Wildman–Crippen LogP) is 7.71. The summed E-state index contributed by atoms with van der Waals surface area (Å²) in [6, 6.07) is 0. The van der Waals surface area contributed by atoms with Gasteiger partial charge in [0.2, 0.25) is 0 Å². The van der Waals surface area contributed by atoms with Gasteiger partial charge in [-0.3, -0.25) is 4.79 Å². The van der Waals surface area contributed by atoms with Crippen molar-refractivity contribution in [1.82, 2.24) is 0 Å². The lowest BCUT2D eigenvalue weighted by Gasteiger charge is -2.63. The standard InChI is InChI=1S/C32H52O3/c1-20(33)35-27-15-18-31(7)22-10-12-25-30(6,19-21(22)9-11-23(31)29(27,4)5)16-13-24-28(2,3)26(34)14-17-32(24,25)8/h9,22-27,34H,10-19H2,1-8H3/t22-,23+,24-,25-,26-,27-,30-,31+,32-/m0/s1. The molecule has 4 saturated carbocycles. The highest BCUT2D eigenvalue weighted by atomic mass is 16.5. The van der Waals surface area contributed by atoms with Crippen LogP contribution in [0, 0.1) is 50.7 Å². The van der Waals surface area contributed by atoms with E-state index in [1.807, 2.05) is 0 Å². The van der Waals surface area contributed by atoms with Crippen molar-refractivity contribution in [2.75, 3.05) is 0 Å². The third kappa shape index (κ3) is 3.63. The van der Waals surface area contributed by atoms with Crippen LogP contribution in [0.3, 0.4) is 0 Å². The van der Waals surface area contributed by atoms with E-state index in [0.29, 0.717) is 28.6 Å². The van der Waals surface area contributed by atoms with Crippen LogP contribution in [0.5, 0.6) is 0 Å². The molecule has 5 rings (SSSR count). The highest BCUT2D eigenvalue weighted by molar-refractivity contribution is 5.66. The van der Waals surface area contributed by atoms with E-state index in [9.17, 15) is 9.90 Å². The fourth-order valence-electron chi connectivity index (χ4n) is 11.3. The summed E-state index contributed by atoms with van der Waals surface area (Å²) in [5.41, 5.74) is 2.77. The molecule has 0 aromatic carbocycles. The molecule has 5 aliphatic carbocycles. The molecule has 0 saturated heterocycles. The Balaban J connectivity index is 1.47. The molecule has 0 aromatic heterocycles. The average Bonchev–Trinajstić information content (AvgIpc) is 2.90. The molecule has 0 aliphatic heterocycles. The minimum Gasteiger partial charge on any atom is -0.462 e. The molecule has 0 heterocycles. The largest absolute Gasteiger partial charge is 0.462 e. The van der Waals surface area contributed by atoms with Crippen LogP contribution >= 0.6 is 0 Å². The zero-order valence-electron chi connectivity index (χ0n) is 23.9. The Bertz CT molecular complexity index is 900. The maximum Gasteiger partial charge on any atom is 0.302 e. The number of aliphatic hydroxyl groups excluding tert-OH is 1. The van der Waals surface area contributed by atoms with Gasteiger partial charge in [-0.05, 0) is 110 Å². The highest BCUT2D eigenvalue weighted by Crippen LogP contribution is 2.70. The van der Waals surface area contributed by atoms with E-state index in [1.165, 1.54) is 44.9 Å². The van der Waals surface area contributed by atoms with Crippen molar-refractivity contribution in [3.8, 4) is 0 Å². The fourth-order valence-corrected chi connectivity index (χ4v) is 11.3. The van der Waals surface area contributed by atoms with Crippen LogP contribution in [0.4, 0.5) is 0 Å². The van der Waals surface area contributed by atoms with E-state index < -0.39 is 0 Å². The van der Waals surface area contributed by atoms with Crippen molar-refractivity contribution in [1.29, 1.82) is 0 Å². The number of rotatable bonds is 1. The predicted molar refractivity (Wildman–Crippen MR) is 142 cm³/mol. The maximum atomic E-state index is 11.9. The topological polar surface area (TPSA) is 46.5 Å². The van der Waals surface area contributed by atoms with Gasteiger partial charge in [-0.1, -0.05) is 60.1 Å². The lowest BCUT2D eigenvalue weighted by molar-refractivity contribution is -0.172. The maximum absolute atomic E-state index is 11.9. The summed E-state index contributed by atoms with van der Waals surface area (Å²) in [5, 5.41) is 10.9. The van der Waals surface area contributed by atoms with E-state index >= 15 is 0 Å². The van der Waals surface area contributed by atoms with E-state index in [4.69, 9.17) is 4.74 Å². The van der Waals surface area contributed by atoms with Crippen LogP contribution in [-0.4, -0.2) is 23.3 Å². The summed E-state index contributed by atoms with van der Waals surface area (Å²) in [7, 11) is 0. The van der Waals surface area contributed by atoms with Gasteiger partial charge in [0, 0.05) is 12.3 Å². The van der Waals surface area contributed by atoms with E-state index in [2.05, 4.69) is 54.5 Å². The van der Waals surface area contributed by atoms with Crippen molar-refractivity contribution in [2.45, 2.75) is 132 Å². The van der Waals surface area contributed by atoms with E-state index in [0.717, 1.165) is 25.2 Å². The third-order valence-corrected chi connectivity index (χ3v) is 13.1. The van der Waals surface area contributed by atoms with E-state index in [-0.39, 0.29) is 34.4 Å². The molecule has 0 amide bonds. The molecule has 3 nitrogen and oxygen atoms in total. The van der Waals surface area contributed by atoms with Crippen molar-refractivity contribution in [3.05, 3.63) is 11.6 Å². The first kappa shape index (κ1) is 25.8. The fraction of sp³-hybridized carbons (Fsp3) is 0.906. The molecule has 0 aromatic rings. The van der Waals surface area contributed by atoms with Gasteiger partial charge in [0.15, 0.2) is 0 Å². The van der Waals surface area contributed by atoms with Gasteiger partial charge in [-0.15, -0.1) is 0 Å². The summed E-state index contributed by atoms with van der Waals surface area (Å²) in [4.78, 5) is 11.9. The summed E-state index contributed by atoms with van der Waals surface area (Å²) in [5.74, 6) is 2.44. The first-order valence-electron chi connectivity index (χ1n) is 14.7. The lowest BCUT2D eigenvalue weighted by atomic mass is 9.42. The van der Waals surface area contributed by atoms with Gasteiger partial charge in [0.1, 0.15) is 6.10 Å². The van der Waals surface area contributed by atoms with Gasteiger partial charge in [-0.2, -0.15) is 0 Å². The molecule has 1 N–H and O–H groups in total. The summed E-state index contributed by atoms with van der Waals surface area (Å²) < 4.78 is 5.87. The third-order valence-electron chi connectivity index (χ3n) is 13.1. The average molecular weight is 485 g/mol. The Morgan fingerprint density at radius 2 is 1.51 bits per heavy atom. The van der Waals surface area contributed by atoms with Crippen LogP contribution in [0.15, 0.2) is 11.6 Å². The zero-order chi connectivity index (χ0) is 25.6. The molecule has 4 fully saturated rings. The summed E-state index contributed by atoms with van der Waals surface area (Å²) >= 11 is 0. The molecule has 0 spiro atoms. The molecule has 9 atom stereocenters. The van der Waals surface area contributed by atoms with Crippen molar-refractivity contribution < 1.29 is 14.6 Å². The first-order valence-corrected chi connectivity index (χ1v) is 14.7. The summed E-state index contributed by atoms with van der Waals surface area (Å²) in [6.45, 7) is 18.8. The summed E-state index contributed by atoms with van der Waals surface area (Å²) in [6.07, 6.45) is 14.4. The van der Waals surface area contributed by atoms with Crippen molar-refractivity contribution in [2.24, 2.45) is 50.7 Å². The van der Waals surface area contributed by atoms with Crippen LogP contribution in [0.25, 0.3) is 0 Å². The van der Waals surface area contributed by atoms with Crippen molar-refractivity contribution >= 4 is 5.97 Å². The quantitative estimate of drug-likeness (QED) is 0.306. The molecule has 3 heteroatoms. The number of aliphatic hydroxyl groups is 1. The van der Waals surface area contributed by atoms with E-state index in [1.54, 1.807) is 12.5 Å². The number of hydrogen-bond acceptors (Lipinski definition) is 3. The first-order chi connectivity index (χ1) is 16.2. The molecule has 35 heavy (non-hydrogen) atoms. The number of carbonyl (C=O) groups is 1. The number of esters is 1. The molecule has 0 bridgehead atoms. The molecular formula is C32H52O3. The van der Waals surface area contributed by atoms with Crippen LogP contribution in [0.1, 0.15) is 120 Å². The van der Waals surface area contributed by atoms with Gasteiger partial charge in [-0.25, -0.2) is 0 Å². The Morgan fingerprint density at radius 3 is 2.20 bits per heavy atom. The smallest absolute Gasteiger partial charge is 0.302 e. The van der Waals surface area contributed by atoms with Gasteiger partial charge in [0.25, 0.3) is 0 Å². The number of allylic oxidation sites excluding steroid dienone is 2. The molecule has 0 unspecified atom stereocenters. The second kappa shape index (κ2) is 8.08. The van der Waals surface area contributed by atoms with Gasteiger partial charge >= 0.3 is 5.97 Å². The Morgan fingerprint density at radius 1 is 0.829 bits per heavy atom. The second-order valence-electron chi connectivity index (χ2n) is 15.5. The van der Waals surface area contributed by atoms with Gasteiger partial charge < -0.3 is 9.84 Å².